The van der Waals surface area contributed by atoms with Crippen LogP contribution >= 0.6 is 0 Å². The Morgan fingerprint density at radius 1 is 1.10 bits per heavy atom. The standard InChI is InChI=1S/C17H17N3O/c1-12-6-8-14(9-7-12)20-11-16(18)17(19-20)13-4-3-5-15(10-13)21-2/h3-11H,18H2,1-2H3. The van der Waals surface area contributed by atoms with Gasteiger partial charge in [-0.05, 0) is 31.2 Å². The van der Waals surface area contributed by atoms with Crippen molar-refractivity contribution in [2.24, 2.45) is 0 Å². The summed E-state index contributed by atoms with van der Waals surface area (Å²) in [7, 11) is 1.65. The maximum absolute atomic E-state index is 6.11. The molecule has 2 N–H and O–H groups in total. The lowest BCUT2D eigenvalue weighted by atomic mass is 10.1. The first-order valence-electron chi connectivity index (χ1n) is 6.74. The number of aryl methyl sites for hydroxylation is 1. The number of hydrogen-bond acceptors (Lipinski definition) is 3. The van der Waals surface area contributed by atoms with E-state index < -0.39 is 0 Å². The summed E-state index contributed by atoms with van der Waals surface area (Å²) < 4.78 is 7.04. The lowest BCUT2D eigenvalue weighted by molar-refractivity contribution is 0.415. The summed E-state index contributed by atoms with van der Waals surface area (Å²) in [5.41, 5.74) is 10.7. The molecular weight excluding hydrogens is 262 g/mol. The second kappa shape index (κ2) is 5.32. The van der Waals surface area contributed by atoms with Crippen LogP contribution in [0.2, 0.25) is 0 Å². The average Bonchev–Trinajstić information content (AvgIpc) is 2.90. The van der Waals surface area contributed by atoms with Crippen molar-refractivity contribution in [3.8, 4) is 22.7 Å². The van der Waals surface area contributed by atoms with Crippen molar-refractivity contribution in [1.82, 2.24) is 9.78 Å². The van der Waals surface area contributed by atoms with Gasteiger partial charge in [0, 0.05) is 5.56 Å². The maximum atomic E-state index is 6.11. The Labute approximate surface area is 123 Å². The summed E-state index contributed by atoms with van der Waals surface area (Å²) in [5, 5.41) is 4.59. The van der Waals surface area contributed by atoms with E-state index in [2.05, 4.69) is 24.2 Å². The number of methoxy groups -OCH3 is 1. The molecule has 0 aliphatic rings. The Morgan fingerprint density at radius 3 is 2.57 bits per heavy atom. The zero-order valence-corrected chi connectivity index (χ0v) is 12.1. The highest BCUT2D eigenvalue weighted by atomic mass is 16.5. The van der Waals surface area contributed by atoms with Gasteiger partial charge >= 0.3 is 0 Å². The predicted octanol–water partition coefficient (Wildman–Crippen LogP) is 3.44. The molecule has 1 heterocycles. The number of nitrogens with two attached hydrogens (primary N) is 1. The number of ether oxygens (including phenoxy) is 1. The van der Waals surface area contributed by atoms with E-state index >= 15 is 0 Å². The van der Waals surface area contributed by atoms with Crippen LogP contribution in [-0.4, -0.2) is 16.9 Å². The van der Waals surface area contributed by atoms with Crippen molar-refractivity contribution in [2.45, 2.75) is 6.92 Å². The number of anilines is 1. The van der Waals surface area contributed by atoms with Crippen molar-refractivity contribution >= 4 is 5.69 Å². The second-order valence-corrected chi connectivity index (χ2v) is 4.95. The number of aromatic nitrogens is 2. The Morgan fingerprint density at radius 2 is 1.86 bits per heavy atom. The van der Waals surface area contributed by atoms with Crippen molar-refractivity contribution in [2.75, 3.05) is 12.8 Å². The van der Waals surface area contributed by atoms with Gasteiger partial charge in [0.05, 0.1) is 24.7 Å². The topological polar surface area (TPSA) is 53.1 Å². The monoisotopic (exact) mass is 279 g/mol. The third-order valence-corrected chi connectivity index (χ3v) is 3.38. The lowest BCUT2D eigenvalue weighted by Crippen LogP contribution is -1.94. The van der Waals surface area contributed by atoms with Crippen LogP contribution in [0.15, 0.2) is 54.7 Å². The molecule has 3 aromatic rings. The van der Waals surface area contributed by atoms with E-state index in [1.165, 1.54) is 5.56 Å². The SMILES string of the molecule is COc1cccc(-c2nn(-c3ccc(C)cc3)cc2N)c1. The van der Waals surface area contributed by atoms with E-state index in [9.17, 15) is 0 Å². The van der Waals surface area contributed by atoms with Gasteiger partial charge in [-0.2, -0.15) is 5.10 Å². The number of benzene rings is 2. The quantitative estimate of drug-likeness (QED) is 0.799. The van der Waals surface area contributed by atoms with Gasteiger partial charge in [0.1, 0.15) is 11.4 Å². The van der Waals surface area contributed by atoms with E-state index in [0.29, 0.717) is 5.69 Å². The number of hydrogen-bond donors (Lipinski definition) is 1. The minimum atomic E-state index is 0.642. The molecule has 4 nitrogen and oxygen atoms in total. The number of nitrogens with zero attached hydrogens (tertiary/aromatic N) is 2. The van der Waals surface area contributed by atoms with Gasteiger partial charge < -0.3 is 10.5 Å². The van der Waals surface area contributed by atoms with E-state index in [0.717, 1.165) is 22.7 Å². The van der Waals surface area contributed by atoms with Crippen molar-refractivity contribution < 1.29 is 4.74 Å². The van der Waals surface area contributed by atoms with Gasteiger partial charge in [-0.15, -0.1) is 0 Å². The molecule has 0 saturated heterocycles. The van der Waals surface area contributed by atoms with Crippen LogP contribution in [0.5, 0.6) is 5.75 Å². The fraction of sp³-hybridized carbons (Fsp3) is 0.118. The lowest BCUT2D eigenvalue weighted by Gasteiger charge is -2.03. The summed E-state index contributed by atoms with van der Waals surface area (Å²) >= 11 is 0. The fourth-order valence-corrected chi connectivity index (χ4v) is 2.21. The summed E-state index contributed by atoms with van der Waals surface area (Å²) in [6, 6.07) is 15.9. The highest BCUT2D eigenvalue weighted by Crippen LogP contribution is 2.28. The smallest absolute Gasteiger partial charge is 0.119 e. The minimum Gasteiger partial charge on any atom is -0.497 e. The molecule has 21 heavy (non-hydrogen) atoms. The second-order valence-electron chi connectivity index (χ2n) is 4.95. The molecule has 0 unspecified atom stereocenters. The summed E-state index contributed by atoms with van der Waals surface area (Å²) in [6.45, 7) is 2.06. The number of nitrogen functional groups attached to an aromatic ring is 1. The molecule has 3 rings (SSSR count). The summed E-state index contributed by atoms with van der Waals surface area (Å²) in [6.07, 6.45) is 1.83. The Bertz CT molecular complexity index is 760. The third kappa shape index (κ3) is 2.60. The summed E-state index contributed by atoms with van der Waals surface area (Å²) in [4.78, 5) is 0. The fourth-order valence-electron chi connectivity index (χ4n) is 2.21. The molecule has 0 radical (unpaired) electrons. The molecule has 0 amide bonds. The first kappa shape index (κ1) is 13.2. The summed E-state index contributed by atoms with van der Waals surface area (Å²) in [5.74, 6) is 0.789. The first-order valence-corrected chi connectivity index (χ1v) is 6.74. The van der Waals surface area contributed by atoms with Gasteiger partial charge in [-0.1, -0.05) is 29.8 Å². The van der Waals surface area contributed by atoms with Crippen LogP contribution in [0, 0.1) is 6.92 Å². The van der Waals surface area contributed by atoms with E-state index in [-0.39, 0.29) is 0 Å². The molecular formula is C17H17N3O. The third-order valence-electron chi connectivity index (χ3n) is 3.38. The van der Waals surface area contributed by atoms with Crippen LogP contribution in [-0.2, 0) is 0 Å². The molecule has 0 saturated carbocycles. The molecule has 0 aliphatic heterocycles. The molecule has 1 aromatic heterocycles. The van der Waals surface area contributed by atoms with Crippen molar-refractivity contribution in [3.05, 3.63) is 60.3 Å². The molecule has 0 spiro atoms. The van der Waals surface area contributed by atoms with Gasteiger partial charge in [0.2, 0.25) is 0 Å². The molecule has 2 aromatic carbocycles. The zero-order chi connectivity index (χ0) is 14.8. The van der Waals surface area contributed by atoms with E-state index in [1.54, 1.807) is 11.8 Å². The first-order chi connectivity index (χ1) is 10.2. The van der Waals surface area contributed by atoms with Crippen molar-refractivity contribution in [1.29, 1.82) is 0 Å². The molecule has 0 fully saturated rings. The van der Waals surface area contributed by atoms with Gasteiger partial charge in [-0.25, -0.2) is 4.68 Å². The molecule has 106 valence electrons. The Kier molecular flexibility index (Phi) is 3.36. The average molecular weight is 279 g/mol. The highest BCUT2D eigenvalue weighted by molar-refractivity contribution is 5.73. The highest BCUT2D eigenvalue weighted by Gasteiger charge is 2.10. The predicted molar refractivity (Wildman–Crippen MR) is 84.7 cm³/mol. The normalized spacial score (nSPS) is 10.6. The van der Waals surface area contributed by atoms with Crippen LogP contribution in [0.4, 0.5) is 5.69 Å². The van der Waals surface area contributed by atoms with Crippen LogP contribution in [0.25, 0.3) is 16.9 Å². The molecule has 0 atom stereocenters. The van der Waals surface area contributed by atoms with Gasteiger partial charge in [-0.3, -0.25) is 0 Å². The van der Waals surface area contributed by atoms with E-state index in [1.807, 2.05) is 42.6 Å². The minimum absolute atomic E-state index is 0.642. The van der Waals surface area contributed by atoms with Gasteiger partial charge in [0.15, 0.2) is 0 Å². The van der Waals surface area contributed by atoms with E-state index in [4.69, 9.17) is 10.5 Å². The number of rotatable bonds is 3. The largest absolute Gasteiger partial charge is 0.497 e. The Balaban J connectivity index is 2.03. The zero-order valence-electron chi connectivity index (χ0n) is 12.1. The molecule has 4 heteroatoms. The molecule has 0 bridgehead atoms. The molecule has 0 aliphatic carbocycles. The van der Waals surface area contributed by atoms with Crippen LogP contribution in [0.3, 0.4) is 0 Å². The Hall–Kier alpha value is -2.75. The maximum Gasteiger partial charge on any atom is 0.119 e. The van der Waals surface area contributed by atoms with Crippen LogP contribution < -0.4 is 10.5 Å². The van der Waals surface area contributed by atoms with Crippen LogP contribution in [0.1, 0.15) is 5.56 Å². The van der Waals surface area contributed by atoms with Crippen molar-refractivity contribution in [3.63, 3.8) is 0 Å². The van der Waals surface area contributed by atoms with Gasteiger partial charge in [0.25, 0.3) is 0 Å².